The number of unbranched alkanes of at least 4 members (excludes halogenated alkanes) is 1. The average Bonchev–Trinajstić information content (AvgIpc) is 2.59. The van der Waals surface area contributed by atoms with Crippen LogP contribution >= 0.6 is 0 Å². The highest BCUT2D eigenvalue weighted by Gasteiger charge is 2.13. The summed E-state index contributed by atoms with van der Waals surface area (Å²) >= 11 is 0. The first-order valence-electron chi connectivity index (χ1n) is 8.99. The number of anilines is 1. The van der Waals surface area contributed by atoms with E-state index in [0.29, 0.717) is 11.3 Å². The molecule has 6 N–H and O–H groups in total. The van der Waals surface area contributed by atoms with Crippen LogP contribution in [0.4, 0.5) is 5.69 Å². The molecule has 2 aromatic rings. The fourth-order valence-electron chi connectivity index (χ4n) is 2.80. The van der Waals surface area contributed by atoms with E-state index in [-0.39, 0.29) is 17.4 Å². The number of hydrogen-bond donors (Lipinski definition) is 4. The number of aromatic hydroxyl groups is 2. The van der Waals surface area contributed by atoms with Crippen LogP contribution < -0.4 is 16.6 Å². The lowest BCUT2D eigenvalue weighted by atomic mass is 9.98. The zero-order valence-corrected chi connectivity index (χ0v) is 15.7. The quantitative estimate of drug-likeness (QED) is 0.441. The lowest BCUT2D eigenvalue weighted by Crippen LogP contribution is -2.25. The molecule has 0 spiro atoms. The van der Waals surface area contributed by atoms with E-state index in [4.69, 9.17) is 11.6 Å². The average molecular weight is 355 g/mol. The van der Waals surface area contributed by atoms with E-state index in [9.17, 15) is 10.2 Å². The zero-order valence-electron chi connectivity index (χ0n) is 15.7. The molecule has 0 saturated heterocycles. The fraction of sp³-hybridized carbons (Fsp3) is 0.333. The third kappa shape index (κ3) is 4.70. The Labute approximate surface area is 155 Å². The number of rotatable bonds is 7. The Morgan fingerprint density at radius 1 is 1.12 bits per heavy atom. The summed E-state index contributed by atoms with van der Waals surface area (Å²) in [7, 11) is 0. The van der Waals surface area contributed by atoms with Gasteiger partial charge in [-0.05, 0) is 48.1 Å². The standard InChI is InChI=1S/C21H29N3O2/c1-4-5-6-15-7-9-16(10-8-15)24(23)13-19(22)18-11-17(14(2)3)20(25)12-21(18)26/h7-14,25-26H,4-6,22-23H2,1-3H3/b19-13-. The van der Waals surface area contributed by atoms with Gasteiger partial charge in [-0.1, -0.05) is 39.3 Å². The van der Waals surface area contributed by atoms with Crippen molar-refractivity contribution >= 4 is 11.4 Å². The van der Waals surface area contributed by atoms with Gasteiger partial charge in [-0.3, -0.25) is 5.01 Å². The van der Waals surface area contributed by atoms with Crippen LogP contribution in [0.5, 0.6) is 11.5 Å². The molecule has 0 atom stereocenters. The molecule has 0 heterocycles. The Bertz CT molecular complexity index is 768. The summed E-state index contributed by atoms with van der Waals surface area (Å²) in [6.07, 6.45) is 4.95. The van der Waals surface area contributed by atoms with Crippen LogP contribution in [-0.2, 0) is 6.42 Å². The lowest BCUT2D eigenvalue weighted by Gasteiger charge is -2.17. The minimum Gasteiger partial charge on any atom is -0.508 e. The Morgan fingerprint density at radius 3 is 2.35 bits per heavy atom. The molecule has 0 unspecified atom stereocenters. The van der Waals surface area contributed by atoms with Gasteiger partial charge in [0.05, 0.1) is 11.4 Å². The third-order valence-corrected chi connectivity index (χ3v) is 4.41. The Morgan fingerprint density at radius 2 is 1.77 bits per heavy atom. The molecule has 0 amide bonds. The van der Waals surface area contributed by atoms with Gasteiger partial charge >= 0.3 is 0 Å². The van der Waals surface area contributed by atoms with Crippen LogP contribution in [0.3, 0.4) is 0 Å². The topological polar surface area (TPSA) is 95.7 Å². The van der Waals surface area contributed by atoms with Crippen molar-refractivity contribution in [3.05, 3.63) is 59.3 Å². The summed E-state index contributed by atoms with van der Waals surface area (Å²) in [5, 5.41) is 21.5. The first-order valence-corrected chi connectivity index (χ1v) is 8.99. The van der Waals surface area contributed by atoms with Crippen molar-refractivity contribution in [2.75, 3.05) is 5.01 Å². The molecule has 2 aromatic carbocycles. The maximum Gasteiger partial charge on any atom is 0.128 e. The second kappa shape index (κ2) is 8.63. The van der Waals surface area contributed by atoms with Crippen LogP contribution in [0.15, 0.2) is 42.6 Å². The van der Waals surface area contributed by atoms with Crippen molar-refractivity contribution in [3.8, 4) is 11.5 Å². The molecule has 5 heteroatoms. The third-order valence-electron chi connectivity index (χ3n) is 4.41. The number of hydrazine groups is 1. The SMILES string of the molecule is CCCCc1ccc(N(N)/C=C(\N)c2cc(C(C)C)c(O)cc2O)cc1. The van der Waals surface area contributed by atoms with Crippen LogP contribution in [0.2, 0.25) is 0 Å². The van der Waals surface area contributed by atoms with Gasteiger partial charge in [-0.2, -0.15) is 0 Å². The summed E-state index contributed by atoms with van der Waals surface area (Å²) in [6, 6.07) is 11.0. The molecule has 140 valence electrons. The predicted octanol–water partition coefficient (Wildman–Crippen LogP) is 4.20. The highest BCUT2D eigenvalue weighted by atomic mass is 16.3. The number of aryl methyl sites for hydroxylation is 1. The molecular weight excluding hydrogens is 326 g/mol. The van der Waals surface area contributed by atoms with E-state index < -0.39 is 0 Å². The molecule has 0 aliphatic rings. The van der Waals surface area contributed by atoms with E-state index in [1.165, 1.54) is 23.1 Å². The molecule has 0 fully saturated rings. The summed E-state index contributed by atoms with van der Waals surface area (Å²) in [5.41, 5.74) is 9.71. The molecule has 0 bridgehead atoms. The van der Waals surface area contributed by atoms with Crippen molar-refractivity contribution in [2.45, 2.75) is 46.0 Å². The van der Waals surface area contributed by atoms with E-state index in [2.05, 4.69) is 19.1 Å². The number of nitrogens with zero attached hydrogens (tertiary/aromatic N) is 1. The van der Waals surface area contributed by atoms with Crippen molar-refractivity contribution in [1.82, 2.24) is 0 Å². The predicted molar refractivity (Wildman–Crippen MR) is 108 cm³/mol. The van der Waals surface area contributed by atoms with Gasteiger partial charge in [0, 0.05) is 17.8 Å². The van der Waals surface area contributed by atoms with Crippen molar-refractivity contribution in [2.24, 2.45) is 11.6 Å². The molecule has 0 radical (unpaired) electrons. The number of benzene rings is 2. The lowest BCUT2D eigenvalue weighted by molar-refractivity contribution is 0.443. The molecule has 26 heavy (non-hydrogen) atoms. The van der Waals surface area contributed by atoms with E-state index in [0.717, 1.165) is 24.1 Å². The van der Waals surface area contributed by atoms with Crippen molar-refractivity contribution in [1.29, 1.82) is 0 Å². The number of nitrogens with two attached hydrogens (primary N) is 2. The van der Waals surface area contributed by atoms with Gasteiger partial charge < -0.3 is 15.9 Å². The molecule has 0 aliphatic carbocycles. The van der Waals surface area contributed by atoms with Gasteiger partial charge in [0.25, 0.3) is 0 Å². The molecule has 2 rings (SSSR count). The van der Waals surface area contributed by atoms with Gasteiger partial charge in [0.1, 0.15) is 11.5 Å². The number of phenols is 2. The first kappa shape index (κ1) is 19.7. The van der Waals surface area contributed by atoms with Gasteiger partial charge in [0.2, 0.25) is 0 Å². The molecule has 0 aromatic heterocycles. The minimum atomic E-state index is -0.0797. The van der Waals surface area contributed by atoms with E-state index >= 15 is 0 Å². The van der Waals surface area contributed by atoms with E-state index in [1.807, 2.05) is 26.0 Å². The molecular formula is C21H29N3O2. The highest BCUT2D eigenvalue weighted by molar-refractivity contribution is 5.72. The smallest absolute Gasteiger partial charge is 0.128 e. The highest BCUT2D eigenvalue weighted by Crippen LogP contribution is 2.34. The van der Waals surface area contributed by atoms with Gasteiger partial charge in [0.15, 0.2) is 0 Å². The van der Waals surface area contributed by atoms with E-state index in [1.54, 1.807) is 12.3 Å². The largest absolute Gasteiger partial charge is 0.508 e. The maximum absolute atomic E-state index is 10.1. The number of hydrogen-bond acceptors (Lipinski definition) is 5. The van der Waals surface area contributed by atoms with Crippen molar-refractivity contribution in [3.63, 3.8) is 0 Å². The minimum absolute atomic E-state index is 0.0568. The zero-order chi connectivity index (χ0) is 19.3. The monoisotopic (exact) mass is 355 g/mol. The normalized spacial score (nSPS) is 11.8. The second-order valence-electron chi connectivity index (χ2n) is 6.84. The van der Waals surface area contributed by atoms with Crippen LogP contribution in [0.1, 0.15) is 56.2 Å². The summed E-state index contributed by atoms with van der Waals surface area (Å²) in [5.74, 6) is 6.19. The number of phenolic OH excluding ortho intramolecular Hbond substituents is 2. The summed E-state index contributed by atoms with van der Waals surface area (Å²) < 4.78 is 0. The second-order valence-corrected chi connectivity index (χ2v) is 6.84. The maximum atomic E-state index is 10.1. The van der Waals surface area contributed by atoms with Gasteiger partial charge in [-0.15, -0.1) is 0 Å². The molecule has 0 saturated carbocycles. The summed E-state index contributed by atoms with van der Waals surface area (Å²) in [6.45, 7) is 6.10. The molecule has 0 aliphatic heterocycles. The Hall–Kier alpha value is -2.66. The first-order chi connectivity index (χ1) is 12.3. The van der Waals surface area contributed by atoms with Crippen LogP contribution in [0, 0.1) is 0 Å². The van der Waals surface area contributed by atoms with Gasteiger partial charge in [-0.25, -0.2) is 5.84 Å². The van der Waals surface area contributed by atoms with Crippen LogP contribution in [-0.4, -0.2) is 10.2 Å². The summed E-state index contributed by atoms with van der Waals surface area (Å²) in [4.78, 5) is 0. The Balaban J connectivity index is 2.24. The van der Waals surface area contributed by atoms with Crippen molar-refractivity contribution < 1.29 is 10.2 Å². The Kier molecular flexibility index (Phi) is 6.52. The fourth-order valence-corrected chi connectivity index (χ4v) is 2.80. The van der Waals surface area contributed by atoms with Crippen LogP contribution in [0.25, 0.3) is 5.70 Å². The molecule has 5 nitrogen and oxygen atoms in total.